The van der Waals surface area contributed by atoms with E-state index < -0.39 is 0 Å². The van der Waals surface area contributed by atoms with Crippen LogP contribution in [-0.4, -0.2) is 62.0 Å². The van der Waals surface area contributed by atoms with E-state index in [9.17, 15) is 4.79 Å². The van der Waals surface area contributed by atoms with E-state index in [1.807, 2.05) is 0 Å². The zero-order valence-corrected chi connectivity index (χ0v) is 12.4. The summed E-state index contributed by atoms with van der Waals surface area (Å²) in [6.45, 7) is 6.62. The Morgan fingerprint density at radius 3 is 2.47 bits per heavy atom. The van der Waals surface area contributed by atoms with E-state index in [0.29, 0.717) is 0 Å². The molecule has 2 heterocycles. The molecule has 19 heavy (non-hydrogen) atoms. The molecule has 0 unspecified atom stereocenters. The van der Waals surface area contributed by atoms with Crippen LogP contribution in [0.3, 0.4) is 0 Å². The Hall–Kier alpha value is -0.610. The molecule has 1 N–H and O–H groups in total. The van der Waals surface area contributed by atoms with E-state index in [2.05, 4.69) is 22.2 Å². The van der Waals surface area contributed by atoms with Crippen molar-refractivity contribution in [2.24, 2.45) is 5.92 Å². The minimum atomic E-state index is 0.256. The molecule has 0 aromatic heterocycles. The molecule has 2 aliphatic heterocycles. The van der Waals surface area contributed by atoms with Crippen LogP contribution >= 0.6 is 0 Å². The first-order chi connectivity index (χ1) is 9.25. The summed E-state index contributed by atoms with van der Waals surface area (Å²) in [5, 5.41) is 3.12. The summed E-state index contributed by atoms with van der Waals surface area (Å²) in [5.41, 5.74) is 0. The molecule has 0 atom stereocenters. The number of nitrogens with zero attached hydrogens (tertiary/aromatic N) is 2. The Balaban J connectivity index is 1.53. The molecule has 2 saturated heterocycles. The molecule has 0 bridgehead atoms. The average molecular weight is 267 g/mol. The minimum absolute atomic E-state index is 0.256. The van der Waals surface area contributed by atoms with Crippen LogP contribution in [0.25, 0.3) is 0 Å². The van der Waals surface area contributed by atoms with Gasteiger partial charge in [-0.1, -0.05) is 6.42 Å². The molecular formula is C15H29N3O. The molecule has 0 saturated carbocycles. The maximum absolute atomic E-state index is 12.0. The van der Waals surface area contributed by atoms with Crippen molar-refractivity contribution in [1.29, 1.82) is 0 Å². The number of carbonyl (C=O) groups excluding carboxylic acids is 1. The summed E-state index contributed by atoms with van der Waals surface area (Å²) >= 11 is 0. The normalized spacial score (nSPS) is 23.4. The van der Waals surface area contributed by atoms with Crippen molar-refractivity contribution in [2.75, 3.05) is 46.3 Å². The number of nitrogens with one attached hydrogen (secondary N) is 1. The number of hydrogen-bond acceptors (Lipinski definition) is 3. The maximum atomic E-state index is 12.0. The zero-order chi connectivity index (χ0) is 13.5. The van der Waals surface area contributed by atoms with Crippen molar-refractivity contribution < 1.29 is 4.79 Å². The van der Waals surface area contributed by atoms with Gasteiger partial charge in [-0.05, 0) is 71.9 Å². The predicted molar refractivity (Wildman–Crippen MR) is 78.1 cm³/mol. The largest absolute Gasteiger partial charge is 0.356 e. The van der Waals surface area contributed by atoms with E-state index in [0.717, 1.165) is 45.4 Å². The third-order valence-electron chi connectivity index (χ3n) is 4.49. The molecule has 0 aliphatic carbocycles. The number of piperidine rings is 2. The first kappa shape index (κ1) is 14.8. The summed E-state index contributed by atoms with van der Waals surface area (Å²) in [5.74, 6) is 0.540. The van der Waals surface area contributed by atoms with Gasteiger partial charge >= 0.3 is 0 Å². The molecule has 0 radical (unpaired) electrons. The SMILES string of the molecule is CN1CCC(C(=O)NCCCN2CCCCC2)CC1. The lowest BCUT2D eigenvalue weighted by Gasteiger charge is -2.28. The van der Waals surface area contributed by atoms with E-state index in [-0.39, 0.29) is 11.8 Å². The molecule has 110 valence electrons. The zero-order valence-electron chi connectivity index (χ0n) is 12.4. The second-order valence-corrected chi connectivity index (χ2v) is 6.12. The molecule has 2 rings (SSSR count). The topological polar surface area (TPSA) is 35.6 Å². The van der Waals surface area contributed by atoms with Gasteiger partial charge in [-0.2, -0.15) is 0 Å². The molecule has 2 aliphatic rings. The van der Waals surface area contributed by atoms with Gasteiger partial charge in [0, 0.05) is 12.5 Å². The molecule has 0 spiro atoms. The van der Waals surface area contributed by atoms with Crippen LogP contribution in [0.4, 0.5) is 0 Å². The lowest BCUT2D eigenvalue weighted by Crippen LogP contribution is -2.40. The third kappa shape index (κ3) is 5.11. The minimum Gasteiger partial charge on any atom is -0.356 e. The predicted octanol–water partition coefficient (Wildman–Crippen LogP) is 1.32. The van der Waals surface area contributed by atoms with E-state index in [4.69, 9.17) is 0 Å². The van der Waals surface area contributed by atoms with E-state index in [1.54, 1.807) is 0 Å². The van der Waals surface area contributed by atoms with Crippen LogP contribution in [0.2, 0.25) is 0 Å². The lowest BCUT2D eigenvalue weighted by molar-refractivity contribution is -0.126. The van der Waals surface area contributed by atoms with Gasteiger partial charge in [0.25, 0.3) is 0 Å². The van der Waals surface area contributed by atoms with Crippen molar-refractivity contribution in [3.63, 3.8) is 0 Å². The summed E-state index contributed by atoms with van der Waals surface area (Å²) in [6, 6.07) is 0. The van der Waals surface area contributed by atoms with Gasteiger partial charge in [0.05, 0.1) is 0 Å². The van der Waals surface area contributed by atoms with Crippen LogP contribution in [0.15, 0.2) is 0 Å². The number of amides is 1. The van der Waals surface area contributed by atoms with Gasteiger partial charge in [-0.15, -0.1) is 0 Å². The number of carbonyl (C=O) groups is 1. The van der Waals surface area contributed by atoms with Crippen molar-refractivity contribution in [2.45, 2.75) is 38.5 Å². The quantitative estimate of drug-likeness (QED) is 0.763. The highest BCUT2D eigenvalue weighted by Gasteiger charge is 2.22. The summed E-state index contributed by atoms with van der Waals surface area (Å²) in [6.07, 6.45) is 7.23. The molecule has 1 amide bonds. The Bertz CT molecular complexity index is 269. The molecule has 4 nitrogen and oxygen atoms in total. The Morgan fingerprint density at radius 2 is 1.79 bits per heavy atom. The highest BCUT2D eigenvalue weighted by atomic mass is 16.1. The van der Waals surface area contributed by atoms with E-state index >= 15 is 0 Å². The van der Waals surface area contributed by atoms with Crippen molar-refractivity contribution in [3.05, 3.63) is 0 Å². The van der Waals surface area contributed by atoms with Crippen molar-refractivity contribution in [1.82, 2.24) is 15.1 Å². The first-order valence-corrected chi connectivity index (χ1v) is 7.94. The number of hydrogen-bond donors (Lipinski definition) is 1. The van der Waals surface area contributed by atoms with E-state index in [1.165, 1.54) is 32.4 Å². The second-order valence-electron chi connectivity index (χ2n) is 6.12. The first-order valence-electron chi connectivity index (χ1n) is 7.94. The molecule has 0 aromatic rings. The third-order valence-corrected chi connectivity index (χ3v) is 4.49. The summed E-state index contributed by atoms with van der Waals surface area (Å²) in [4.78, 5) is 16.9. The number of likely N-dealkylation sites (tertiary alicyclic amines) is 2. The van der Waals surface area contributed by atoms with Gasteiger partial charge in [-0.25, -0.2) is 0 Å². The standard InChI is InChI=1S/C15H29N3O/c1-17-12-6-14(7-13-17)15(19)16-8-5-11-18-9-3-2-4-10-18/h14H,2-13H2,1H3,(H,16,19). The molecular weight excluding hydrogens is 238 g/mol. The van der Waals surface area contributed by atoms with Crippen LogP contribution in [0.1, 0.15) is 38.5 Å². The van der Waals surface area contributed by atoms with Gasteiger partial charge in [0.15, 0.2) is 0 Å². The smallest absolute Gasteiger partial charge is 0.223 e. The molecule has 4 heteroatoms. The fourth-order valence-corrected chi connectivity index (χ4v) is 3.11. The Kier molecular flexibility index (Phi) is 6.11. The van der Waals surface area contributed by atoms with Crippen LogP contribution < -0.4 is 5.32 Å². The van der Waals surface area contributed by atoms with Crippen LogP contribution in [0.5, 0.6) is 0 Å². The van der Waals surface area contributed by atoms with Crippen molar-refractivity contribution in [3.8, 4) is 0 Å². The maximum Gasteiger partial charge on any atom is 0.223 e. The molecule has 2 fully saturated rings. The lowest BCUT2D eigenvalue weighted by atomic mass is 9.96. The van der Waals surface area contributed by atoms with Gasteiger partial charge in [0.1, 0.15) is 0 Å². The fraction of sp³-hybridized carbons (Fsp3) is 0.933. The van der Waals surface area contributed by atoms with Gasteiger partial charge in [0.2, 0.25) is 5.91 Å². The fourth-order valence-electron chi connectivity index (χ4n) is 3.11. The van der Waals surface area contributed by atoms with Crippen molar-refractivity contribution >= 4 is 5.91 Å². The van der Waals surface area contributed by atoms with Gasteiger partial charge in [-0.3, -0.25) is 4.79 Å². The Morgan fingerprint density at radius 1 is 1.11 bits per heavy atom. The van der Waals surface area contributed by atoms with Crippen LogP contribution in [0, 0.1) is 5.92 Å². The molecule has 0 aromatic carbocycles. The highest BCUT2D eigenvalue weighted by molar-refractivity contribution is 5.78. The summed E-state index contributed by atoms with van der Waals surface area (Å²) < 4.78 is 0. The Labute approximate surface area is 117 Å². The number of rotatable bonds is 5. The summed E-state index contributed by atoms with van der Waals surface area (Å²) in [7, 11) is 2.13. The second kappa shape index (κ2) is 7.85. The monoisotopic (exact) mass is 267 g/mol. The van der Waals surface area contributed by atoms with Gasteiger partial charge < -0.3 is 15.1 Å². The van der Waals surface area contributed by atoms with Crippen LogP contribution in [-0.2, 0) is 4.79 Å². The average Bonchev–Trinajstić information content (AvgIpc) is 2.45. The highest BCUT2D eigenvalue weighted by Crippen LogP contribution is 2.15.